The molecule has 0 fully saturated rings. The van der Waals surface area contributed by atoms with Crippen molar-refractivity contribution in [2.45, 2.75) is 23.9 Å². The quantitative estimate of drug-likeness (QED) is 0.870. The predicted molar refractivity (Wildman–Crippen MR) is 85.6 cm³/mol. The predicted octanol–water partition coefficient (Wildman–Crippen LogP) is 3.39. The van der Waals surface area contributed by atoms with Crippen LogP contribution in [-0.2, 0) is 27.4 Å². The highest BCUT2D eigenvalue weighted by molar-refractivity contribution is 7.92. The van der Waals surface area contributed by atoms with Gasteiger partial charge in [0.05, 0.1) is 10.5 Å². The Balaban J connectivity index is 1.83. The maximum atomic E-state index is 12.6. The van der Waals surface area contributed by atoms with E-state index in [1.807, 2.05) is 0 Å². The van der Waals surface area contributed by atoms with Crippen LogP contribution in [0.1, 0.15) is 17.5 Å². The smallest absolute Gasteiger partial charge is 0.326 e. The van der Waals surface area contributed by atoms with E-state index >= 15 is 0 Å². The molecule has 9 heteroatoms. The molecule has 0 aliphatic carbocycles. The number of aryl methyl sites for hydroxylation is 1. The summed E-state index contributed by atoms with van der Waals surface area (Å²) >= 11 is 0. The first-order chi connectivity index (χ1) is 11.6. The lowest BCUT2D eigenvalue weighted by molar-refractivity contribution is -0.137. The highest BCUT2D eigenvalue weighted by Gasteiger charge is 2.30. The maximum absolute atomic E-state index is 12.6. The minimum absolute atomic E-state index is 0.106. The Morgan fingerprint density at radius 3 is 2.32 bits per heavy atom. The number of sulfonamides is 1. The number of hydrogen-bond acceptors (Lipinski definition) is 3. The second-order valence-corrected chi connectivity index (χ2v) is 7.23. The van der Waals surface area contributed by atoms with Crippen molar-refractivity contribution in [3.63, 3.8) is 0 Å². The summed E-state index contributed by atoms with van der Waals surface area (Å²) < 4.78 is 64.6. The first-order valence-electron chi connectivity index (χ1n) is 7.28. The zero-order chi connectivity index (χ0) is 18.2. The molecular formula is C16H13F3N2O3S. The van der Waals surface area contributed by atoms with Gasteiger partial charge in [-0.1, -0.05) is 0 Å². The molecule has 5 nitrogen and oxygen atoms in total. The van der Waals surface area contributed by atoms with Crippen molar-refractivity contribution in [3.8, 4) is 0 Å². The van der Waals surface area contributed by atoms with Crippen LogP contribution in [0.5, 0.6) is 0 Å². The largest absolute Gasteiger partial charge is 0.416 e. The Bertz CT molecular complexity index is 923. The third-order valence-corrected chi connectivity index (χ3v) is 5.14. The number of amides is 1. The molecule has 0 saturated heterocycles. The highest BCUT2D eigenvalue weighted by atomic mass is 32.2. The average Bonchev–Trinajstić information content (AvgIpc) is 2.54. The number of carbonyl (C=O) groups is 1. The molecule has 0 aromatic heterocycles. The van der Waals surface area contributed by atoms with E-state index in [4.69, 9.17) is 0 Å². The molecule has 3 rings (SSSR count). The van der Waals surface area contributed by atoms with Crippen molar-refractivity contribution < 1.29 is 26.4 Å². The van der Waals surface area contributed by atoms with Crippen molar-refractivity contribution in [1.29, 1.82) is 0 Å². The van der Waals surface area contributed by atoms with E-state index in [0.29, 0.717) is 18.5 Å². The fourth-order valence-corrected chi connectivity index (χ4v) is 3.53. The third kappa shape index (κ3) is 3.76. The molecular weight excluding hydrogens is 357 g/mol. The molecule has 1 amide bonds. The van der Waals surface area contributed by atoms with Gasteiger partial charge in [-0.05, 0) is 54.4 Å². The van der Waals surface area contributed by atoms with Gasteiger partial charge in [-0.2, -0.15) is 13.2 Å². The van der Waals surface area contributed by atoms with Crippen LogP contribution in [0.25, 0.3) is 0 Å². The zero-order valence-corrected chi connectivity index (χ0v) is 13.5. The average molecular weight is 370 g/mol. The number of nitrogens with one attached hydrogen (secondary N) is 2. The number of anilines is 2. The molecule has 1 heterocycles. The lowest BCUT2D eigenvalue weighted by atomic mass is 10.0. The number of halogens is 3. The molecule has 132 valence electrons. The molecule has 0 spiro atoms. The van der Waals surface area contributed by atoms with Crippen LogP contribution >= 0.6 is 0 Å². The molecule has 0 unspecified atom stereocenters. The molecule has 2 aromatic rings. The van der Waals surface area contributed by atoms with Crippen LogP contribution in [0.3, 0.4) is 0 Å². The lowest BCUT2D eigenvalue weighted by Gasteiger charge is -2.18. The van der Waals surface area contributed by atoms with Crippen molar-refractivity contribution in [2.24, 2.45) is 0 Å². The summed E-state index contributed by atoms with van der Waals surface area (Å²) in [6.07, 6.45) is -3.74. The summed E-state index contributed by atoms with van der Waals surface area (Å²) in [4.78, 5) is 11.0. The van der Waals surface area contributed by atoms with Gasteiger partial charge in [0, 0.05) is 17.8 Å². The van der Waals surface area contributed by atoms with Gasteiger partial charge in [0.1, 0.15) is 0 Å². The Morgan fingerprint density at radius 1 is 1.00 bits per heavy atom. The summed E-state index contributed by atoms with van der Waals surface area (Å²) in [5.41, 5.74) is 0.756. The zero-order valence-electron chi connectivity index (χ0n) is 12.7. The maximum Gasteiger partial charge on any atom is 0.416 e. The SMILES string of the molecule is O=C1CCc2cc(NS(=O)(=O)c3ccc(C(F)(F)F)cc3)ccc2N1. The molecule has 0 bridgehead atoms. The van der Waals surface area contributed by atoms with Gasteiger partial charge in [0.25, 0.3) is 10.0 Å². The molecule has 0 atom stereocenters. The van der Waals surface area contributed by atoms with E-state index in [1.165, 1.54) is 6.07 Å². The van der Waals surface area contributed by atoms with Crippen molar-refractivity contribution >= 4 is 27.3 Å². The fraction of sp³-hybridized carbons (Fsp3) is 0.188. The third-order valence-electron chi connectivity index (χ3n) is 3.74. The highest BCUT2D eigenvalue weighted by Crippen LogP contribution is 2.30. The van der Waals surface area contributed by atoms with Crippen LogP contribution < -0.4 is 10.0 Å². The van der Waals surface area contributed by atoms with E-state index in [0.717, 1.165) is 29.8 Å². The van der Waals surface area contributed by atoms with Gasteiger partial charge < -0.3 is 5.32 Å². The summed E-state index contributed by atoms with van der Waals surface area (Å²) in [6, 6.07) is 7.90. The van der Waals surface area contributed by atoms with E-state index in [9.17, 15) is 26.4 Å². The first kappa shape index (κ1) is 17.3. The summed E-state index contributed by atoms with van der Waals surface area (Å²) in [5.74, 6) is -0.106. The normalized spacial score (nSPS) is 14.6. The molecule has 2 aromatic carbocycles. The summed E-state index contributed by atoms with van der Waals surface area (Å²) in [5, 5.41) is 2.68. The van der Waals surface area contributed by atoms with Crippen molar-refractivity contribution in [3.05, 3.63) is 53.6 Å². The van der Waals surface area contributed by atoms with Crippen LogP contribution in [0.4, 0.5) is 24.5 Å². The van der Waals surface area contributed by atoms with Crippen molar-refractivity contribution in [1.82, 2.24) is 0 Å². The van der Waals surface area contributed by atoms with Gasteiger partial charge >= 0.3 is 6.18 Å². The molecule has 2 N–H and O–H groups in total. The second-order valence-electron chi connectivity index (χ2n) is 5.55. The number of benzene rings is 2. The van der Waals surface area contributed by atoms with E-state index in [-0.39, 0.29) is 16.5 Å². The second kappa shape index (κ2) is 6.07. The topological polar surface area (TPSA) is 75.3 Å². The Morgan fingerprint density at radius 2 is 1.68 bits per heavy atom. The van der Waals surface area contributed by atoms with E-state index in [2.05, 4.69) is 10.0 Å². The van der Waals surface area contributed by atoms with Gasteiger partial charge in [-0.25, -0.2) is 8.42 Å². The van der Waals surface area contributed by atoms with Gasteiger partial charge in [0.15, 0.2) is 0 Å². The van der Waals surface area contributed by atoms with Gasteiger partial charge in [0.2, 0.25) is 5.91 Å². The standard InChI is InChI=1S/C16H13F3N2O3S/c17-16(18,19)11-2-5-13(6-3-11)25(23,24)21-12-4-7-14-10(9-12)1-8-15(22)20-14/h2-7,9,21H,1,8H2,(H,20,22). The molecule has 0 radical (unpaired) electrons. The molecule has 0 saturated carbocycles. The van der Waals surface area contributed by atoms with Gasteiger partial charge in [-0.15, -0.1) is 0 Å². The van der Waals surface area contributed by atoms with E-state index < -0.39 is 21.8 Å². The number of hydrogen-bond donors (Lipinski definition) is 2. The number of alkyl halides is 3. The summed E-state index contributed by atoms with van der Waals surface area (Å²) in [7, 11) is -4.02. The van der Waals surface area contributed by atoms with Crippen LogP contribution in [0.15, 0.2) is 47.4 Å². The van der Waals surface area contributed by atoms with Crippen LogP contribution in [0, 0.1) is 0 Å². The minimum Gasteiger partial charge on any atom is -0.326 e. The Labute approximate surface area is 141 Å². The number of rotatable bonds is 3. The number of carbonyl (C=O) groups excluding carboxylic acids is 1. The van der Waals surface area contributed by atoms with E-state index in [1.54, 1.807) is 12.1 Å². The lowest BCUT2D eigenvalue weighted by Crippen LogP contribution is -2.19. The Hall–Kier alpha value is -2.55. The minimum atomic E-state index is -4.53. The molecule has 1 aliphatic heterocycles. The summed E-state index contributed by atoms with van der Waals surface area (Å²) in [6.45, 7) is 0. The van der Waals surface area contributed by atoms with Crippen LogP contribution in [-0.4, -0.2) is 14.3 Å². The Kier molecular flexibility index (Phi) is 4.19. The number of fused-ring (bicyclic) bond motifs is 1. The van der Waals surface area contributed by atoms with Crippen molar-refractivity contribution in [2.75, 3.05) is 10.0 Å². The molecule has 1 aliphatic rings. The van der Waals surface area contributed by atoms with Crippen LogP contribution in [0.2, 0.25) is 0 Å². The first-order valence-corrected chi connectivity index (χ1v) is 8.76. The fourth-order valence-electron chi connectivity index (χ4n) is 2.48. The monoisotopic (exact) mass is 370 g/mol. The molecule has 25 heavy (non-hydrogen) atoms. The van der Waals surface area contributed by atoms with Gasteiger partial charge in [-0.3, -0.25) is 9.52 Å².